The number of piperidine rings is 1. The normalized spacial score (nSPS) is 20.3. The van der Waals surface area contributed by atoms with Crippen molar-refractivity contribution in [3.63, 3.8) is 0 Å². The van der Waals surface area contributed by atoms with Crippen LogP contribution in [-0.4, -0.2) is 34.2 Å². The molecule has 3 heterocycles. The van der Waals surface area contributed by atoms with Crippen LogP contribution in [0.1, 0.15) is 42.7 Å². The van der Waals surface area contributed by atoms with Crippen LogP contribution in [0.5, 0.6) is 0 Å². The van der Waals surface area contributed by atoms with Crippen LogP contribution in [0.3, 0.4) is 0 Å². The first-order valence-corrected chi connectivity index (χ1v) is 10.4. The lowest BCUT2D eigenvalue weighted by molar-refractivity contribution is -0.120. The van der Waals surface area contributed by atoms with Crippen molar-refractivity contribution < 1.29 is 4.79 Å². The van der Waals surface area contributed by atoms with E-state index < -0.39 is 0 Å². The Hall–Kier alpha value is -1.73. The molecule has 0 saturated carbocycles. The third-order valence-electron chi connectivity index (χ3n) is 5.06. The van der Waals surface area contributed by atoms with E-state index in [4.69, 9.17) is 11.6 Å². The number of hydrogen-bond donors (Lipinski definition) is 1. The molecule has 2 aliphatic rings. The van der Waals surface area contributed by atoms with Crippen LogP contribution >= 0.6 is 22.9 Å². The number of aryl methyl sites for hydroxylation is 2. The maximum atomic E-state index is 12.8. The molecular weight excluding hydrogens is 370 g/mol. The van der Waals surface area contributed by atoms with Crippen LogP contribution < -0.4 is 10.2 Å². The molecular formula is C18H22ClN5OS. The van der Waals surface area contributed by atoms with E-state index in [2.05, 4.69) is 25.4 Å². The average Bonchev–Trinajstić information content (AvgIpc) is 2.90. The topological polar surface area (TPSA) is 71.0 Å². The number of thiazole rings is 1. The van der Waals surface area contributed by atoms with Crippen molar-refractivity contribution in [2.45, 2.75) is 44.9 Å². The molecule has 138 valence electrons. The zero-order valence-corrected chi connectivity index (χ0v) is 16.2. The van der Waals surface area contributed by atoms with E-state index in [0.717, 1.165) is 43.2 Å². The van der Waals surface area contributed by atoms with Crippen molar-refractivity contribution in [1.29, 1.82) is 0 Å². The Balaban J connectivity index is 1.40. The maximum Gasteiger partial charge on any atom is 0.231 e. The average molecular weight is 392 g/mol. The molecule has 1 atom stereocenters. The van der Waals surface area contributed by atoms with Gasteiger partial charge in [0.15, 0.2) is 16.1 Å². The van der Waals surface area contributed by atoms with Crippen molar-refractivity contribution in [3.05, 3.63) is 27.9 Å². The minimum atomic E-state index is -0.0649. The van der Waals surface area contributed by atoms with Gasteiger partial charge in [-0.05, 0) is 50.7 Å². The van der Waals surface area contributed by atoms with E-state index in [1.54, 1.807) is 17.4 Å². The molecule has 2 aromatic heterocycles. The smallest absolute Gasteiger partial charge is 0.231 e. The standard InChI is InChI=1S/C18H22ClN5OS/c19-15-8-9-16(23-22-15)24-10-4-5-12(11-24)17(25)21-18-20-13-6-2-1-3-7-14(13)26-18/h8-9,12H,1-7,10-11H2,(H,20,21,25). The summed E-state index contributed by atoms with van der Waals surface area (Å²) in [6, 6.07) is 3.59. The molecule has 1 unspecified atom stereocenters. The van der Waals surface area contributed by atoms with Crippen LogP contribution in [0.25, 0.3) is 0 Å². The third kappa shape index (κ3) is 3.99. The Morgan fingerprint density at radius 2 is 2.08 bits per heavy atom. The first kappa shape index (κ1) is 17.7. The van der Waals surface area contributed by atoms with Gasteiger partial charge in [-0.25, -0.2) is 4.98 Å². The number of carbonyl (C=O) groups is 1. The fraction of sp³-hybridized carbons (Fsp3) is 0.556. The number of amides is 1. The zero-order chi connectivity index (χ0) is 17.9. The largest absolute Gasteiger partial charge is 0.354 e. The predicted molar refractivity (Wildman–Crippen MR) is 104 cm³/mol. The van der Waals surface area contributed by atoms with Gasteiger partial charge in [0.25, 0.3) is 0 Å². The fourth-order valence-corrected chi connectivity index (χ4v) is 4.82. The van der Waals surface area contributed by atoms with Gasteiger partial charge < -0.3 is 10.2 Å². The number of nitrogens with zero attached hydrogens (tertiary/aromatic N) is 4. The number of anilines is 2. The van der Waals surface area contributed by atoms with Crippen LogP contribution in [0.4, 0.5) is 10.9 Å². The minimum absolute atomic E-state index is 0.0560. The summed E-state index contributed by atoms with van der Waals surface area (Å²) >= 11 is 7.46. The summed E-state index contributed by atoms with van der Waals surface area (Å²) in [4.78, 5) is 20.9. The van der Waals surface area contributed by atoms with Gasteiger partial charge in [0.1, 0.15) is 0 Å². The molecule has 26 heavy (non-hydrogen) atoms. The molecule has 4 rings (SSSR count). The molecule has 0 spiro atoms. The molecule has 2 aromatic rings. The van der Waals surface area contributed by atoms with Crippen LogP contribution in [0, 0.1) is 5.92 Å². The molecule has 8 heteroatoms. The zero-order valence-electron chi connectivity index (χ0n) is 14.6. The fourth-order valence-electron chi connectivity index (χ4n) is 3.67. The second kappa shape index (κ2) is 7.88. The summed E-state index contributed by atoms with van der Waals surface area (Å²) in [5.74, 6) is 0.762. The summed E-state index contributed by atoms with van der Waals surface area (Å²) in [6.45, 7) is 1.53. The van der Waals surface area contributed by atoms with Crippen LogP contribution in [0.2, 0.25) is 5.15 Å². The van der Waals surface area contributed by atoms with E-state index in [1.807, 2.05) is 6.07 Å². The molecule has 1 fully saturated rings. The Morgan fingerprint density at radius 1 is 1.19 bits per heavy atom. The summed E-state index contributed by atoms with van der Waals surface area (Å²) in [5.41, 5.74) is 1.18. The Labute approximate surface area is 162 Å². The lowest BCUT2D eigenvalue weighted by atomic mass is 9.97. The van der Waals surface area contributed by atoms with Gasteiger partial charge in [0, 0.05) is 18.0 Å². The van der Waals surface area contributed by atoms with E-state index in [-0.39, 0.29) is 11.8 Å². The highest BCUT2D eigenvalue weighted by atomic mass is 35.5. The summed E-state index contributed by atoms with van der Waals surface area (Å²) in [5, 5.41) is 12.2. The molecule has 1 saturated heterocycles. The second-order valence-corrected chi connectivity index (χ2v) is 8.41. The number of fused-ring (bicyclic) bond motifs is 1. The highest BCUT2D eigenvalue weighted by Crippen LogP contribution is 2.30. The third-order valence-corrected chi connectivity index (χ3v) is 6.33. The second-order valence-electron chi connectivity index (χ2n) is 6.94. The summed E-state index contributed by atoms with van der Waals surface area (Å²) < 4.78 is 0. The molecule has 6 nitrogen and oxygen atoms in total. The molecule has 1 aliphatic carbocycles. The molecule has 1 aliphatic heterocycles. The first-order valence-electron chi connectivity index (χ1n) is 9.22. The number of hydrogen-bond acceptors (Lipinski definition) is 6. The number of carbonyl (C=O) groups excluding carboxylic acids is 1. The highest BCUT2D eigenvalue weighted by Gasteiger charge is 2.27. The lowest BCUT2D eigenvalue weighted by Crippen LogP contribution is -2.41. The van der Waals surface area contributed by atoms with E-state index in [9.17, 15) is 4.79 Å². The van der Waals surface area contributed by atoms with Crippen LogP contribution in [-0.2, 0) is 17.6 Å². The number of nitrogens with one attached hydrogen (secondary N) is 1. The SMILES string of the molecule is O=C(Nc1nc2c(s1)CCCCC2)C1CCCN(c2ccc(Cl)nn2)C1. The lowest BCUT2D eigenvalue weighted by Gasteiger charge is -2.32. The van der Waals surface area contributed by atoms with Crippen LogP contribution in [0.15, 0.2) is 12.1 Å². The molecule has 0 radical (unpaired) electrons. The number of rotatable bonds is 3. The van der Waals surface area contributed by atoms with Crippen molar-refractivity contribution in [2.24, 2.45) is 5.92 Å². The van der Waals surface area contributed by atoms with Crippen molar-refractivity contribution in [1.82, 2.24) is 15.2 Å². The van der Waals surface area contributed by atoms with Gasteiger partial charge in [-0.3, -0.25) is 4.79 Å². The van der Waals surface area contributed by atoms with E-state index >= 15 is 0 Å². The van der Waals surface area contributed by atoms with Crippen molar-refractivity contribution >= 4 is 39.8 Å². The Kier molecular flexibility index (Phi) is 5.36. The van der Waals surface area contributed by atoms with E-state index in [1.165, 1.54) is 29.8 Å². The van der Waals surface area contributed by atoms with Crippen molar-refractivity contribution in [2.75, 3.05) is 23.3 Å². The monoisotopic (exact) mass is 391 g/mol. The minimum Gasteiger partial charge on any atom is -0.354 e. The van der Waals surface area contributed by atoms with Gasteiger partial charge in [-0.1, -0.05) is 18.0 Å². The Bertz CT molecular complexity index is 755. The quantitative estimate of drug-likeness (QED) is 0.807. The van der Waals surface area contributed by atoms with Gasteiger partial charge >= 0.3 is 0 Å². The van der Waals surface area contributed by atoms with Gasteiger partial charge in [0.05, 0.1) is 11.6 Å². The van der Waals surface area contributed by atoms with Gasteiger partial charge in [-0.15, -0.1) is 21.5 Å². The highest BCUT2D eigenvalue weighted by molar-refractivity contribution is 7.15. The maximum absolute atomic E-state index is 12.8. The Morgan fingerprint density at radius 3 is 2.92 bits per heavy atom. The summed E-state index contributed by atoms with van der Waals surface area (Å²) in [7, 11) is 0. The van der Waals surface area contributed by atoms with E-state index in [0.29, 0.717) is 11.7 Å². The molecule has 0 aromatic carbocycles. The first-order chi connectivity index (χ1) is 12.7. The number of halogens is 1. The summed E-state index contributed by atoms with van der Waals surface area (Å²) in [6.07, 6.45) is 7.66. The molecule has 0 bridgehead atoms. The molecule has 1 amide bonds. The van der Waals surface area contributed by atoms with Crippen molar-refractivity contribution in [3.8, 4) is 0 Å². The van der Waals surface area contributed by atoms with Gasteiger partial charge in [0.2, 0.25) is 5.91 Å². The molecule has 1 N–H and O–H groups in total. The predicted octanol–water partition coefficient (Wildman–Crippen LogP) is 3.71. The van der Waals surface area contributed by atoms with Gasteiger partial charge in [-0.2, -0.15) is 0 Å². The number of aromatic nitrogens is 3.